The normalized spacial score (nSPS) is 19.4. The highest BCUT2D eigenvalue weighted by Crippen LogP contribution is 2.33. The van der Waals surface area contributed by atoms with Crippen LogP contribution in [0, 0.1) is 6.92 Å². The summed E-state index contributed by atoms with van der Waals surface area (Å²) in [6.07, 6.45) is 3.96. The zero-order valence-corrected chi connectivity index (χ0v) is 12.4. The summed E-state index contributed by atoms with van der Waals surface area (Å²) in [4.78, 5) is 2.58. The van der Waals surface area contributed by atoms with Crippen molar-refractivity contribution < 1.29 is 0 Å². The Labute approximate surface area is 117 Å². The predicted octanol–water partition coefficient (Wildman–Crippen LogP) is 2.76. The van der Waals surface area contributed by atoms with Crippen molar-refractivity contribution in [1.82, 2.24) is 10.3 Å². The zero-order chi connectivity index (χ0) is 13.9. The average molecular weight is 261 g/mol. The molecule has 1 aromatic rings. The summed E-state index contributed by atoms with van der Waals surface area (Å²) < 4.78 is 0. The van der Waals surface area contributed by atoms with Crippen molar-refractivity contribution in [3.05, 3.63) is 35.4 Å². The minimum Gasteiger partial charge on any atom is -0.296 e. The van der Waals surface area contributed by atoms with Crippen LogP contribution in [0.5, 0.6) is 0 Å². The fourth-order valence-electron chi connectivity index (χ4n) is 3.24. The van der Waals surface area contributed by atoms with E-state index in [1.807, 2.05) is 0 Å². The maximum absolute atomic E-state index is 5.89. The molecule has 19 heavy (non-hydrogen) atoms. The number of nitrogens with one attached hydrogen (secondary N) is 1. The maximum Gasteiger partial charge on any atom is 0.0641 e. The number of rotatable bonds is 4. The minimum atomic E-state index is 0.0291. The van der Waals surface area contributed by atoms with E-state index in [4.69, 9.17) is 5.84 Å². The first kappa shape index (κ1) is 14.5. The van der Waals surface area contributed by atoms with Crippen molar-refractivity contribution in [3.8, 4) is 0 Å². The molecule has 0 radical (unpaired) electrons. The molecule has 1 aromatic carbocycles. The molecule has 2 rings (SSSR count). The van der Waals surface area contributed by atoms with Crippen LogP contribution in [0.1, 0.15) is 50.3 Å². The maximum atomic E-state index is 5.89. The first-order chi connectivity index (χ1) is 9.07. The number of nitrogens with two attached hydrogens (primary N) is 1. The molecule has 0 saturated carbocycles. The number of aryl methyl sites for hydroxylation is 1. The topological polar surface area (TPSA) is 41.3 Å². The Bertz CT molecular complexity index is 408. The molecule has 1 heterocycles. The zero-order valence-electron chi connectivity index (χ0n) is 12.4. The molecule has 1 aliphatic heterocycles. The van der Waals surface area contributed by atoms with Crippen LogP contribution in [-0.4, -0.2) is 23.5 Å². The van der Waals surface area contributed by atoms with Crippen LogP contribution in [0.15, 0.2) is 24.3 Å². The molecular weight excluding hydrogens is 234 g/mol. The summed E-state index contributed by atoms with van der Waals surface area (Å²) >= 11 is 0. The Morgan fingerprint density at radius 1 is 1.16 bits per heavy atom. The van der Waals surface area contributed by atoms with Gasteiger partial charge < -0.3 is 0 Å². The van der Waals surface area contributed by atoms with E-state index >= 15 is 0 Å². The summed E-state index contributed by atoms with van der Waals surface area (Å²) in [6.45, 7) is 9.12. The first-order valence-corrected chi connectivity index (χ1v) is 7.34. The van der Waals surface area contributed by atoms with Gasteiger partial charge in [0.15, 0.2) is 0 Å². The smallest absolute Gasteiger partial charge is 0.0641 e. The summed E-state index contributed by atoms with van der Waals surface area (Å²) in [7, 11) is 0. The van der Waals surface area contributed by atoms with Crippen molar-refractivity contribution >= 4 is 0 Å². The van der Waals surface area contributed by atoms with Crippen LogP contribution in [0.3, 0.4) is 0 Å². The highest BCUT2D eigenvalue weighted by molar-refractivity contribution is 5.31. The van der Waals surface area contributed by atoms with Crippen molar-refractivity contribution in [2.75, 3.05) is 13.1 Å². The Balaban J connectivity index is 2.27. The summed E-state index contributed by atoms with van der Waals surface area (Å²) in [5.41, 5.74) is 5.69. The van der Waals surface area contributed by atoms with Crippen molar-refractivity contribution in [2.45, 2.75) is 51.6 Å². The van der Waals surface area contributed by atoms with Gasteiger partial charge >= 0.3 is 0 Å². The highest BCUT2D eigenvalue weighted by Gasteiger charge is 2.36. The Kier molecular flexibility index (Phi) is 4.61. The molecule has 0 aromatic heterocycles. The van der Waals surface area contributed by atoms with Gasteiger partial charge in [0.1, 0.15) is 0 Å². The lowest BCUT2D eigenvalue weighted by Crippen LogP contribution is -2.55. The largest absolute Gasteiger partial charge is 0.296 e. The monoisotopic (exact) mass is 261 g/mol. The molecule has 1 fully saturated rings. The summed E-state index contributed by atoms with van der Waals surface area (Å²) in [5, 5.41) is 0. The second-order valence-electron chi connectivity index (χ2n) is 6.16. The van der Waals surface area contributed by atoms with Gasteiger partial charge in [-0.15, -0.1) is 0 Å². The number of benzene rings is 1. The van der Waals surface area contributed by atoms with Gasteiger partial charge in [-0.3, -0.25) is 16.2 Å². The van der Waals surface area contributed by atoms with Gasteiger partial charge in [0.25, 0.3) is 0 Å². The Morgan fingerprint density at radius 2 is 1.79 bits per heavy atom. The summed E-state index contributed by atoms with van der Waals surface area (Å²) in [5.74, 6) is 5.89. The number of hydrazine groups is 1. The quantitative estimate of drug-likeness (QED) is 0.647. The minimum absolute atomic E-state index is 0.0291. The SMILES string of the molecule is Cc1ccccc1C(NN)C(C)(C)N1CCCCC1. The van der Waals surface area contributed by atoms with E-state index < -0.39 is 0 Å². The molecule has 3 nitrogen and oxygen atoms in total. The first-order valence-electron chi connectivity index (χ1n) is 7.34. The second kappa shape index (κ2) is 6.04. The second-order valence-corrected chi connectivity index (χ2v) is 6.16. The van der Waals surface area contributed by atoms with Gasteiger partial charge in [-0.1, -0.05) is 30.7 Å². The van der Waals surface area contributed by atoms with Crippen LogP contribution < -0.4 is 11.3 Å². The molecule has 0 amide bonds. The van der Waals surface area contributed by atoms with E-state index in [1.54, 1.807) is 0 Å². The number of piperidine rings is 1. The van der Waals surface area contributed by atoms with Crippen LogP contribution >= 0.6 is 0 Å². The molecule has 0 aliphatic carbocycles. The van der Waals surface area contributed by atoms with E-state index in [1.165, 1.54) is 43.5 Å². The lowest BCUT2D eigenvalue weighted by molar-refractivity contribution is 0.0606. The molecule has 106 valence electrons. The van der Waals surface area contributed by atoms with Crippen molar-refractivity contribution in [3.63, 3.8) is 0 Å². The molecule has 0 bridgehead atoms. The van der Waals surface area contributed by atoms with E-state index in [0.717, 1.165) is 0 Å². The number of hydrogen-bond donors (Lipinski definition) is 2. The average Bonchev–Trinajstić information content (AvgIpc) is 2.42. The molecule has 0 spiro atoms. The number of nitrogens with zero attached hydrogens (tertiary/aromatic N) is 1. The van der Waals surface area contributed by atoms with Gasteiger partial charge in [-0.2, -0.15) is 0 Å². The van der Waals surface area contributed by atoms with E-state index in [2.05, 4.69) is 55.4 Å². The van der Waals surface area contributed by atoms with E-state index in [0.29, 0.717) is 0 Å². The standard InChI is InChI=1S/C16H27N3/c1-13-9-5-6-10-14(13)15(18-17)16(2,3)19-11-7-4-8-12-19/h5-6,9-10,15,18H,4,7-8,11-12,17H2,1-3H3. The fraction of sp³-hybridized carbons (Fsp3) is 0.625. The fourth-order valence-corrected chi connectivity index (χ4v) is 3.24. The van der Waals surface area contributed by atoms with Crippen LogP contribution in [0.25, 0.3) is 0 Å². The Morgan fingerprint density at radius 3 is 2.37 bits per heavy atom. The molecule has 1 unspecified atom stereocenters. The molecule has 1 aliphatic rings. The van der Waals surface area contributed by atoms with E-state index in [9.17, 15) is 0 Å². The molecule has 3 N–H and O–H groups in total. The predicted molar refractivity (Wildman–Crippen MR) is 80.7 cm³/mol. The van der Waals surface area contributed by atoms with Crippen molar-refractivity contribution in [2.24, 2.45) is 5.84 Å². The molecule has 1 atom stereocenters. The van der Waals surface area contributed by atoms with Crippen LogP contribution in [-0.2, 0) is 0 Å². The van der Waals surface area contributed by atoms with Gasteiger partial charge in [0, 0.05) is 5.54 Å². The third-order valence-electron chi connectivity index (χ3n) is 4.54. The van der Waals surface area contributed by atoms with Gasteiger partial charge in [-0.25, -0.2) is 0 Å². The molecule has 3 heteroatoms. The molecule has 1 saturated heterocycles. The van der Waals surface area contributed by atoms with E-state index in [-0.39, 0.29) is 11.6 Å². The van der Waals surface area contributed by atoms with Crippen molar-refractivity contribution in [1.29, 1.82) is 0 Å². The van der Waals surface area contributed by atoms with Gasteiger partial charge in [0.2, 0.25) is 0 Å². The third kappa shape index (κ3) is 2.99. The third-order valence-corrected chi connectivity index (χ3v) is 4.54. The highest BCUT2D eigenvalue weighted by atomic mass is 15.3. The lowest BCUT2D eigenvalue weighted by Gasteiger charge is -2.46. The molecular formula is C16H27N3. The Hall–Kier alpha value is -0.900. The van der Waals surface area contributed by atoms with Gasteiger partial charge in [0.05, 0.1) is 6.04 Å². The van der Waals surface area contributed by atoms with Crippen LogP contribution in [0.4, 0.5) is 0 Å². The lowest BCUT2D eigenvalue weighted by atomic mass is 9.84. The summed E-state index contributed by atoms with van der Waals surface area (Å²) in [6, 6.07) is 8.68. The number of hydrogen-bond acceptors (Lipinski definition) is 3. The number of likely N-dealkylation sites (tertiary alicyclic amines) is 1. The van der Waals surface area contributed by atoms with Crippen LogP contribution in [0.2, 0.25) is 0 Å². The van der Waals surface area contributed by atoms with Gasteiger partial charge in [-0.05, 0) is 57.8 Å².